The maximum absolute atomic E-state index is 5.71. The smallest absolute Gasteiger partial charge is 0.00366 e. The number of aryl methyl sites for hydroxylation is 1. The molecule has 1 aromatic carbocycles. The van der Waals surface area contributed by atoms with Crippen molar-refractivity contribution in [2.75, 3.05) is 13.1 Å². The molecule has 0 fully saturated rings. The second-order valence-corrected chi connectivity index (χ2v) is 4.59. The summed E-state index contributed by atoms with van der Waals surface area (Å²) in [6.45, 7) is 5.74. The van der Waals surface area contributed by atoms with Gasteiger partial charge in [0.2, 0.25) is 0 Å². The fourth-order valence-corrected chi connectivity index (χ4v) is 2.07. The molecule has 90 valence electrons. The standard InChI is InChI=1S/C14H24N2/c1-3-13(8-12(9-15)10-16)14-6-4-11(2)5-7-14/h4-7,12-13H,3,8-10,15-16H2,1-2H3. The van der Waals surface area contributed by atoms with Crippen molar-refractivity contribution >= 4 is 0 Å². The van der Waals surface area contributed by atoms with Crippen LogP contribution in [0.15, 0.2) is 24.3 Å². The van der Waals surface area contributed by atoms with Crippen molar-refractivity contribution in [2.24, 2.45) is 17.4 Å². The predicted octanol–water partition coefficient (Wildman–Crippen LogP) is 2.41. The first-order valence-electron chi connectivity index (χ1n) is 6.17. The summed E-state index contributed by atoms with van der Waals surface area (Å²) in [7, 11) is 0. The van der Waals surface area contributed by atoms with Crippen molar-refractivity contribution in [3.8, 4) is 0 Å². The van der Waals surface area contributed by atoms with E-state index in [0.29, 0.717) is 24.9 Å². The van der Waals surface area contributed by atoms with E-state index in [2.05, 4.69) is 38.1 Å². The van der Waals surface area contributed by atoms with Gasteiger partial charge < -0.3 is 11.5 Å². The molecule has 0 aromatic heterocycles. The monoisotopic (exact) mass is 220 g/mol. The van der Waals surface area contributed by atoms with Crippen LogP contribution in [-0.2, 0) is 0 Å². The van der Waals surface area contributed by atoms with Gasteiger partial charge in [-0.15, -0.1) is 0 Å². The van der Waals surface area contributed by atoms with Gasteiger partial charge in [0, 0.05) is 0 Å². The average Bonchev–Trinajstić information content (AvgIpc) is 2.32. The maximum Gasteiger partial charge on any atom is -0.00366 e. The van der Waals surface area contributed by atoms with Gasteiger partial charge in [-0.05, 0) is 50.3 Å². The molecule has 0 aliphatic heterocycles. The molecule has 0 bridgehead atoms. The van der Waals surface area contributed by atoms with Gasteiger partial charge in [0.15, 0.2) is 0 Å². The lowest BCUT2D eigenvalue weighted by Gasteiger charge is -2.21. The largest absolute Gasteiger partial charge is 0.330 e. The second kappa shape index (κ2) is 6.66. The van der Waals surface area contributed by atoms with E-state index in [-0.39, 0.29) is 0 Å². The van der Waals surface area contributed by atoms with Crippen LogP contribution in [0.2, 0.25) is 0 Å². The van der Waals surface area contributed by atoms with Crippen LogP contribution in [0.5, 0.6) is 0 Å². The highest BCUT2D eigenvalue weighted by molar-refractivity contribution is 5.24. The Balaban J connectivity index is 2.70. The van der Waals surface area contributed by atoms with E-state index in [9.17, 15) is 0 Å². The van der Waals surface area contributed by atoms with Gasteiger partial charge in [-0.1, -0.05) is 36.8 Å². The van der Waals surface area contributed by atoms with Gasteiger partial charge in [0.25, 0.3) is 0 Å². The normalized spacial score (nSPS) is 13.1. The Morgan fingerprint density at radius 2 is 1.62 bits per heavy atom. The SMILES string of the molecule is CCC(CC(CN)CN)c1ccc(C)cc1. The average molecular weight is 220 g/mol. The third-order valence-electron chi connectivity index (χ3n) is 3.33. The van der Waals surface area contributed by atoms with Crippen molar-refractivity contribution in [1.82, 2.24) is 0 Å². The number of hydrogen-bond acceptors (Lipinski definition) is 2. The lowest BCUT2D eigenvalue weighted by Crippen LogP contribution is -2.25. The van der Waals surface area contributed by atoms with Crippen molar-refractivity contribution in [3.63, 3.8) is 0 Å². The first kappa shape index (κ1) is 13.2. The highest BCUT2D eigenvalue weighted by Crippen LogP contribution is 2.26. The lowest BCUT2D eigenvalue weighted by molar-refractivity contribution is 0.442. The molecule has 0 amide bonds. The van der Waals surface area contributed by atoms with Crippen molar-refractivity contribution in [3.05, 3.63) is 35.4 Å². The quantitative estimate of drug-likeness (QED) is 0.773. The van der Waals surface area contributed by atoms with E-state index in [1.807, 2.05) is 0 Å². The molecular formula is C14H24N2. The Morgan fingerprint density at radius 3 is 2.06 bits per heavy atom. The minimum atomic E-state index is 0.450. The minimum absolute atomic E-state index is 0.450. The third-order valence-corrected chi connectivity index (χ3v) is 3.33. The van der Waals surface area contributed by atoms with E-state index in [0.717, 1.165) is 12.8 Å². The second-order valence-electron chi connectivity index (χ2n) is 4.59. The highest BCUT2D eigenvalue weighted by atomic mass is 14.6. The molecule has 1 atom stereocenters. The molecule has 1 rings (SSSR count). The molecule has 0 heterocycles. The Kier molecular flexibility index (Phi) is 5.50. The fraction of sp³-hybridized carbons (Fsp3) is 0.571. The summed E-state index contributed by atoms with van der Waals surface area (Å²) in [6, 6.07) is 8.82. The Bertz CT molecular complexity index is 288. The van der Waals surface area contributed by atoms with E-state index >= 15 is 0 Å². The van der Waals surface area contributed by atoms with E-state index in [1.165, 1.54) is 11.1 Å². The Morgan fingerprint density at radius 1 is 1.06 bits per heavy atom. The molecule has 16 heavy (non-hydrogen) atoms. The number of rotatable bonds is 6. The summed E-state index contributed by atoms with van der Waals surface area (Å²) in [4.78, 5) is 0. The van der Waals surface area contributed by atoms with Gasteiger partial charge in [-0.3, -0.25) is 0 Å². The molecule has 0 aliphatic rings. The van der Waals surface area contributed by atoms with Crippen LogP contribution in [-0.4, -0.2) is 13.1 Å². The molecule has 0 saturated heterocycles. The first-order chi connectivity index (χ1) is 7.71. The van der Waals surface area contributed by atoms with Crippen molar-refractivity contribution in [1.29, 1.82) is 0 Å². The third kappa shape index (κ3) is 3.62. The summed E-state index contributed by atoms with van der Waals surface area (Å²) in [6.07, 6.45) is 2.26. The van der Waals surface area contributed by atoms with E-state index < -0.39 is 0 Å². The summed E-state index contributed by atoms with van der Waals surface area (Å²) in [5.74, 6) is 1.05. The minimum Gasteiger partial charge on any atom is -0.330 e. The van der Waals surface area contributed by atoms with Gasteiger partial charge >= 0.3 is 0 Å². The van der Waals surface area contributed by atoms with E-state index in [4.69, 9.17) is 11.5 Å². The Hall–Kier alpha value is -0.860. The predicted molar refractivity (Wildman–Crippen MR) is 70.4 cm³/mol. The van der Waals surface area contributed by atoms with Crippen LogP contribution >= 0.6 is 0 Å². The molecule has 4 N–H and O–H groups in total. The summed E-state index contributed by atoms with van der Waals surface area (Å²) < 4.78 is 0. The van der Waals surface area contributed by atoms with E-state index in [1.54, 1.807) is 0 Å². The molecule has 1 unspecified atom stereocenters. The lowest BCUT2D eigenvalue weighted by atomic mass is 9.86. The summed E-state index contributed by atoms with van der Waals surface area (Å²) in [5, 5.41) is 0. The summed E-state index contributed by atoms with van der Waals surface area (Å²) >= 11 is 0. The zero-order valence-corrected chi connectivity index (χ0v) is 10.4. The van der Waals surface area contributed by atoms with Crippen LogP contribution in [0.3, 0.4) is 0 Å². The number of hydrogen-bond donors (Lipinski definition) is 2. The van der Waals surface area contributed by atoms with Crippen LogP contribution in [0.4, 0.5) is 0 Å². The molecule has 0 saturated carbocycles. The fourth-order valence-electron chi connectivity index (χ4n) is 2.07. The highest BCUT2D eigenvalue weighted by Gasteiger charge is 2.14. The molecule has 1 aromatic rings. The van der Waals surface area contributed by atoms with Crippen LogP contribution in [0, 0.1) is 12.8 Å². The first-order valence-corrected chi connectivity index (χ1v) is 6.17. The molecule has 2 heteroatoms. The molecule has 0 spiro atoms. The van der Waals surface area contributed by atoms with Crippen LogP contribution in [0.1, 0.15) is 36.8 Å². The van der Waals surface area contributed by atoms with Crippen molar-refractivity contribution < 1.29 is 0 Å². The van der Waals surface area contributed by atoms with Gasteiger partial charge in [0.1, 0.15) is 0 Å². The number of benzene rings is 1. The zero-order valence-electron chi connectivity index (χ0n) is 10.4. The summed E-state index contributed by atoms with van der Waals surface area (Å²) in [5.41, 5.74) is 14.1. The van der Waals surface area contributed by atoms with Gasteiger partial charge in [0.05, 0.1) is 0 Å². The molecular weight excluding hydrogens is 196 g/mol. The molecule has 2 nitrogen and oxygen atoms in total. The number of nitrogens with two attached hydrogens (primary N) is 2. The Labute approximate surface area is 99.0 Å². The van der Waals surface area contributed by atoms with Crippen LogP contribution in [0.25, 0.3) is 0 Å². The maximum atomic E-state index is 5.71. The molecule has 0 aliphatic carbocycles. The topological polar surface area (TPSA) is 52.0 Å². The zero-order chi connectivity index (χ0) is 12.0. The van der Waals surface area contributed by atoms with Crippen molar-refractivity contribution in [2.45, 2.75) is 32.6 Å². The van der Waals surface area contributed by atoms with Gasteiger partial charge in [-0.25, -0.2) is 0 Å². The molecule has 0 radical (unpaired) electrons. The van der Waals surface area contributed by atoms with Gasteiger partial charge in [-0.2, -0.15) is 0 Å². The van der Waals surface area contributed by atoms with Crippen LogP contribution < -0.4 is 11.5 Å².